The Balaban J connectivity index is 3.13. The van der Waals surface area contributed by atoms with Crippen LogP contribution < -0.4 is 5.11 Å². The third-order valence-electron chi connectivity index (χ3n) is 1.29. The van der Waals surface area contributed by atoms with Crippen molar-refractivity contribution < 1.29 is 23.1 Å². The summed E-state index contributed by atoms with van der Waals surface area (Å²) in [5.74, 6) is -1.66. The maximum absolute atomic E-state index is 12.0. The van der Waals surface area contributed by atoms with Crippen molar-refractivity contribution in [1.82, 2.24) is 4.98 Å². The van der Waals surface area contributed by atoms with Gasteiger partial charge in [0.1, 0.15) is 5.69 Å². The molecular formula is C7H3F3NO2-. The molecule has 0 aliphatic rings. The molecule has 0 saturated carbocycles. The number of carbonyl (C=O) groups excluding carboxylic acids is 1. The van der Waals surface area contributed by atoms with Gasteiger partial charge in [0, 0.05) is 11.8 Å². The Hall–Kier alpha value is -1.59. The van der Waals surface area contributed by atoms with E-state index in [4.69, 9.17) is 0 Å². The summed E-state index contributed by atoms with van der Waals surface area (Å²) in [6.45, 7) is 0. The zero-order valence-electron chi connectivity index (χ0n) is 6.13. The molecule has 1 aromatic rings. The van der Waals surface area contributed by atoms with Crippen molar-refractivity contribution in [2.24, 2.45) is 0 Å². The number of carboxylic acids is 1. The number of hydrogen-bond donors (Lipinski definition) is 0. The van der Waals surface area contributed by atoms with Crippen LogP contribution in [-0.4, -0.2) is 11.0 Å². The van der Waals surface area contributed by atoms with E-state index in [1.165, 1.54) is 0 Å². The standard InChI is InChI=1S/C7H4F3NO2/c8-7(9,10)5-3-4(6(12)13)1-2-11-5/h1-3H,(H,12,13)/p-1. The van der Waals surface area contributed by atoms with E-state index in [1.807, 2.05) is 0 Å². The number of alkyl halides is 3. The Kier molecular flexibility index (Phi) is 2.22. The van der Waals surface area contributed by atoms with Crippen LogP contribution in [0.5, 0.6) is 0 Å². The molecule has 70 valence electrons. The van der Waals surface area contributed by atoms with Gasteiger partial charge in [-0.2, -0.15) is 13.2 Å². The smallest absolute Gasteiger partial charge is 0.433 e. The molecular weight excluding hydrogens is 187 g/mol. The van der Waals surface area contributed by atoms with Crippen molar-refractivity contribution >= 4 is 5.97 Å². The first kappa shape index (κ1) is 9.50. The van der Waals surface area contributed by atoms with Gasteiger partial charge in [-0.1, -0.05) is 0 Å². The number of nitrogens with zero attached hydrogens (tertiary/aromatic N) is 1. The number of hydrogen-bond acceptors (Lipinski definition) is 3. The SMILES string of the molecule is O=C([O-])c1ccnc(C(F)(F)F)c1. The lowest BCUT2D eigenvalue weighted by atomic mass is 10.2. The van der Waals surface area contributed by atoms with Crippen LogP contribution in [0.2, 0.25) is 0 Å². The molecule has 0 N–H and O–H groups in total. The molecule has 6 heteroatoms. The number of halogens is 3. The average molecular weight is 190 g/mol. The molecule has 1 heterocycles. The minimum absolute atomic E-state index is 0.426. The first-order chi connectivity index (χ1) is 5.91. The number of rotatable bonds is 1. The Labute approximate surface area is 70.8 Å². The molecule has 1 rings (SSSR count). The molecule has 0 bridgehead atoms. The topological polar surface area (TPSA) is 53.0 Å². The predicted molar refractivity (Wildman–Crippen MR) is 33.6 cm³/mol. The van der Waals surface area contributed by atoms with E-state index >= 15 is 0 Å². The van der Waals surface area contributed by atoms with E-state index in [0.717, 1.165) is 12.3 Å². The second-order valence-corrected chi connectivity index (χ2v) is 2.21. The largest absolute Gasteiger partial charge is 0.545 e. The van der Waals surface area contributed by atoms with Crippen molar-refractivity contribution in [1.29, 1.82) is 0 Å². The minimum Gasteiger partial charge on any atom is -0.545 e. The fraction of sp³-hybridized carbons (Fsp3) is 0.143. The average Bonchev–Trinajstić information content (AvgIpc) is 2.03. The number of carboxylic acid groups (broad SMARTS) is 1. The minimum atomic E-state index is -4.63. The van der Waals surface area contributed by atoms with Crippen LogP contribution in [0.1, 0.15) is 16.1 Å². The van der Waals surface area contributed by atoms with E-state index in [1.54, 1.807) is 0 Å². The lowest BCUT2D eigenvalue weighted by Crippen LogP contribution is -2.23. The highest BCUT2D eigenvalue weighted by Gasteiger charge is 2.32. The lowest BCUT2D eigenvalue weighted by Gasteiger charge is -2.07. The summed E-state index contributed by atoms with van der Waals surface area (Å²) in [4.78, 5) is 13.2. The molecule has 0 spiro atoms. The molecule has 3 nitrogen and oxygen atoms in total. The van der Waals surface area contributed by atoms with Gasteiger partial charge in [0.05, 0.1) is 5.97 Å². The Bertz CT molecular complexity index is 335. The summed E-state index contributed by atoms with van der Waals surface area (Å²) >= 11 is 0. The molecule has 0 aromatic carbocycles. The fourth-order valence-corrected chi connectivity index (χ4v) is 0.713. The molecule has 0 aliphatic carbocycles. The first-order valence-corrected chi connectivity index (χ1v) is 3.16. The molecule has 0 saturated heterocycles. The van der Waals surface area contributed by atoms with Crippen LogP contribution >= 0.6 is 0 Å². The Morgan fingerprint density at radius 3 is 2.54 bits per heavy atom. The summed E-state index contributed by atoms with van der Waals surface area (Å²) in [6, 6.07) is 1.36. The number of carbonyl (C=O) groups is 1. The third-order valence-corrected chi connectivity index (χ3v) is 1.29. The van der Waals surface area contributed by atoms with Gasteiger partial charge in [-0.25, -0.2) is 0 Å². The molecule has 13 heavy (non-hydrogen) atoms. The number of aromatic carboxylic acids is 1. The summed E-state index contributed by atoms with van der Waals surface area (Å²) in [5, 5.41) is 10.2. The molecule has 0 atom stereocenters. The maximum atomic E-state index is 12.0. The van der Waals surface area contributed by atoms with Gasteiger partial charge in [-0.15, -0.1) is 0 Å². The van der Waals surface area contributed by atoms with Gasteiger partial charge < -0.3 is 9.90 Å². The van der Waals surface area contributed by atoms with E-state index in [9.17, 15) is 23.1 Å². The van der Waals surface area contributed by atoms with Crippen molar-refractivity contribution in [2.75, 3.05) is 0 Å². The summed E-state index contributed by atoms with van der Waals surface area (Å²) in [5.41, 5.74) is -1.78. The third kappa shape index (κ3) is 2.17. The highest BCUT2D eigenvalue weighted by Crippen LogP contribution is 2.27. The van der Waals surface area contributed by atoms with Gasteiger partial charge in [-0.05, 0) is 12.1 Å². The van der Waals surface area contributed by atoms with E-state index in [2.05, 4.69) is 4.98 Å². The van der Waals surface area contributed by atoms with Gasteiger partial charge >= 0.3 is 6.18 Å². The van der Waals surface area contributed by atoms with Crippen LogP contribution in [0.15, 0.2) is 18.3 Å². The van der Waals surface area contributed by atoms with Crippen LogP contribution in [0.3, 0.4) is 0 Å². The number of aromatic nitrogens is 1. The van der Waals surface area contributed by atoms with Crippen molar-refractivity contribution in [3.63, 3.8) is 0 Å². The van der Waals surface area contributed by atoms with Crippen LogP contribution in [0, 0.1) is 0 Å². The fourth-order valence-electron chi connectivity index (χ4n) is 0.713. The molecule has 0 radical (unpaired) electrons. The summed E-state index contributed by atoms with van der Waals surface area (Å²) in [7, 11) is 0. The van der Waals surface area contributed by atoms with E-state index < -0.39 is 23.4 Å². The zero-order chi connectivity index (χ0) is 10.1. The first-order valence-electron chi connectivity index (χ1n) is 3.16. The highest BCUT2D eigenvalue weighted by molar-refractivity contribution is 5.85. The zero-order valence-corrected chi connectivity index (χ0v) is 6.13. The van der Waals surface area contributed by atoms with Crippen LogP contribution in [0.25, 0.3) is 0 Å². The molecule has 0 aliphatic heterocycles. The normalized spacial score (nSPS) is 11.3. The number of pyridine rings is 1. The molecule has 0 amide bonds. The molecule has 1 aromatic heterocycles. The predicted octanol–water partition coefficient (Wildman–Crippen LogP) is 0.464. The second kappa shape index (κ2) is 3.04. The molecule has 0 unspecified atom stereocenters. The van der Waals surface area contributed by atoms with Gasteiger partial charge in [-0.3, -0.25) is 4.98 Å². The van der Waals surface area contributed by atoms with Crippen molar-refractivity contribution in [2.45, 2.75) is 6.18 Å². The van der Waals surface area contributed by atoms with Crippen molar-refractivity contribution in [3.05, 3.63) is 29.6 Å². The van der Waals surface area contributed by atoms with Gasteiger partial charge in [0.15, 0.2) is 0 Å². The van der Waals surface area contributed by atoms with Gasteiger partial charge in [0.2, 0.25) is 0 Å². The van der Waals surface area contributed by atoms with Crippen molar-refractivity contribution in [3.8, 4) is 0 Å². The highest BCUT2D eigenvalue weighted by atomic mass is 19.4. The monoisotopic (exact) mass is 190 g/mol. The Morgan fingerprint density at radius 1 is 1.46 bits per heavy atom. The second-order valence-electron chi connectivity index (χ2n) is 2.21. The quantitative estimate of drug-likeness (QED) is 0.646. The Morgan fingerprint density at radius 2 is 2.08 bits per heavy atom. The molecule has 0 fully saturated rings. The van der Waals surface area contributed by atoms with E-state index in [0.29, 0.717) is 6.07 Å². The van der Waals surface area contributed by atoms with Gasteiger partial charge in [0.25, 0.3) is 0 Å². The lowest BCUT2D eigenvalue weighted by molar-refractivity contribution is -0.255. The summed E-state index contributed by atoms with van der Waals surface area (Å²) in [6.07, 6.45) is -3.86. The van der Waals surface area contributed by atoms with E-state index in [-0.39, 0.29) is 0 Å². The maximum Gasteiger partial charge on any atom is 0.433 e. The van der Waals surface area contributed by atoms with Crippen LogP contribution in [0.4, 0.5) is 13.2 Å². The van der Waals surface area contributed by atoms with Crippen LogP contribution in [-0.2, 0) is 6.18 Å². The summed E-state index contributed by atoms with van der Waals surface area (Å²) < 4.78 is 35.9.